The molecule has 2 aromatic rings. The summed E-state index contributed by atoms with van der Waals surface area (Å²) < 4.78 is 5.85. The van der Waals surface area contributed by atoms with Gasteiger partial charge in [0, 0.05) is 5.92 Å². The van der Waals surface area contributed by atoms with Gasteiger partial charge in [-0.1, -0.05) is 19.1 Å². The van der Waals surface area contributed by atoms with Crippen LogP contribution in [-0.2, 0) is 0 Å². The maximum absolute atomic E-state index is 5.85. The van der Waals surface area contributed by atoms with E-state index < -0.39 is 0 Å². The van der Waals surface area contributed by atoms with Gasteiger partial charge in [-0.25, -0.2) is 4.98 Å². The molecule has 0 unspecified atom stereocenters. The Morgan fingerprint density at radius 3 is 2.65 bits per heavy atom. The molecule has 2 aliphatic carbocycles. The summed E-state index contributed by atoms with van der Waals surface area (Å²) in [4.78, 5) is 4.61. The number of aromatic nitrogens is 1. The van der Waals surface area contributed by atoms with Crippen molar-refractivity contribution in [1.29, 1.82) is 0 Å². The monoisotopic (exact) mass is 227 g/mol. The Morgan fingerprint density at radius 2 is 1.94 bits per heavy atom. The number of hydrogen-bond donors (Lipinski definition) is 0. The van der Waals surface area contributed by atoms with Crippen LogP contribution >= 0.6 is 0 Å². The standard InChI is InChI=1S/C15H17NO/c1-10-6-15(7-10)8-11(9-15)14-16-12-4-2-3-5-13(12)17-14/h2-5,10-11H,6-9H2,1H3. The van der Waals surface area contributed by atoms with Crippen molar-refractivity contribution in [3.05, 3.63) is 30.2 Å². The van der Waals surface area contributed by atoms with Crippen molar-refractivity contribution in [3.63, 3.8) is 0 Å². The fourth-order valence-corrected chi connectivity index (χ4v) is 3.98. The van der Waals surface area contributed by atoms with Crippen LogP contribution in [0.2, 0.25) is 0 Å². The molecule has 2 nitrogen and oxygen atoms in total. The lowest BCUT2D eigenvalue weighted by Gasteiger charge is -2.56. The molecule has 0 N–H and O–H groups in total. The zero-order valence-corrected chi connectivity index (χ0v) is 10.1. The molecule has 0 bridgehead atoms. The van der Waals surface area contributed by atoms with Crippen molar-refractivity contribution < 1.29 is 4.42 Å². The van der Waals surface area contributed by atoms with Gasteiger partial charge >= 0.3 is 0 Å². The molecule has 2 saturated carbocycles. The van der Waals surface area contributed by atoms with Crippen molar-refractivity contribution in [1.82, 2.24) is 4.98 Å². The first kappa shape index (κ1) is 9.69. The zero-order valence-electron chi connectivity index (χ0n) is 10.1. The van der Waals surface area contributed by atoms with Crippen LogP contribution in [0.1, 0.15) is 44.4 Å². The van der Waals surface area contributed by atoms with E-state index in [1.165, 1.54) is 25.7 Å². The van der Waals surface area contributed by atoms with Gasteiger partial charge in [-0.2, -0.15) is 0 Å². The van der Waals surface area contributed by atoms with Crippen LogP contribution in [0.25, 0.3) is 11.1 Å². The predicted molar refractivity (Wildman–Crippen MR) is 66.8 cm³/mol. The third-order valence-electron chi connectivity index (χ3n) is 4.58. The molecule has 4 rings (SSSR count). The second kappa shape index (κ2) is 3.12. The average molecular weight is 227 g/mol. The first-order valence-corrected chi connectivity index (χ1v) is 6.60. The first-order valence-electron chi connectivity index (χ1n) is 6.60. The smallest absolute Gasteiger partial charge is 0.198 e. The van der Waals surface area contributed by atoms with E-state index in [-0.39, 0.29) is 0 Å². The van der Waals surface area contributed by atoms with Gasteiger partial charge in [0.2, 0.25) is 0 Å². The lowest BCUT2D eigenvalue weighted by atomic mass is 9.48. The highest BCUT2D eigenvalue weighted by atomic mass is 16.3. The molecular formula is C15H17NO. The number of rotatable bonds is 1. The van der Waals surface area contributed by atoms with Crippen LogP contribution < -0.4 is 0 Å². The first-order chi connectivity index (χ1) is 8.24. The average Bonchev–Trinajstić information content (AvgIpc) is 2.64. The van der Waals surface area contributed by atoms with E-state index in [4.69, 9.17) is 4.42 Å². The van der Waals surface area contributed by atoms with Gasteiger partial charge < -0.3 is 4.42 Å². The van der Waals surface area contributed by atoms with E-state index >= 15 is 0 Å². The SMILES string of the molecule is CC1CC2(C1)CC(c1nc3ccccc3o1)C2. The van der Waals surface area contributed by atoms with E-state index in [0.717, 1.165) is 22.9 Å². The van der Waals surface area contributed by atoms with Gasteiger partial charge in [-0.3, -0.25) is 0 Å². The molecule has 0 atom stereocenters. The summed E-state index contributed by atoms with van der Waals surface area (Å²) in [6, 6.07) is 8.06. The number of fused-ring (bicyclic) bond motifs is 1. The van der Waals surface area contributed by atoms with E-state index in [1.54, 1.807) is 0 Å². The fourth-order valence-electron chi connectivity index (χ4n) is 3.98. The molecule has 2 fully saturated rings. The van der Waals surface area contributed by atoms with Crippen molar-refractivity contribution in [3.8, 4) is 0 Å². The molecule has 2 heteroatoms. The van der Waals surface area contributed by atoms with Crippen molar-refractivity contribution in [2.75, 3.05) is 0 Å². The molecule has 0 amide bonds. The van der Waals surface area contributed by atoms with Gasteiger partial charge in [0.1, 0.15) is 5.52 Å². The number of hydrogen-bond acceptors (Lipinski definition) is 2. The molecule has 0 radical (unpaired) electrons. The van der Waals surface area contributed by atoms with Gasteiger partial charge in [0.25, 0.3) is 0 Å². The largest absolute Gasteiger partial charge is 0.440 e. The summed E-state index contributed by atoms with van der Waals surface area (Å²) in [6.45, 7) is 2.36. The molecule has 0 saturated heterocycles. The summed E-state index contributed by atoms with van der Waals surface area (Å²) in [5.41, 5.74) is 2.61. The Labute approximate surface area is 101 Å². The molecule has 1 heterocycles. The molecule has 1 spiro atoms. The van der Waals surface area contributed by atoms with Crippen molar-refractivity contribution >= 4 is 11.1 Å². The Kier molecular flexibility index (Phi) is 1.78. The predicted octanol–water partition coefficient (Wildman–Crippen LogP) is 4.12. The number of para-hydroxylation sites is 2. The summed E-state index contributed by atoms with van der Waals surface area (Å²) in [5.74, 6) is 2.49. The van der Waals surface area contributed by atoms with E-state index in [9.17, 15) is 0 Å². The topological polar surface area (TPSA) is 26.0 Å². The summed E-state index contributed by atoms with van der Waals surface area (Å²) in [7, 11) is 0. The minimum Gasteiger partial charge on any atom is -0.440 e. The molecular weight excluding hydrogens is 210 g/mol. The highest BCUT2D eigenvalue weighted by molar-refractivity contribution is 5.72. The normalized spacial score (nSPS) is 35.8. The Morgan fingerprint density at radius 1 is 1.18 bits per heavy atom. The van der Waals surface area contributed by atoms with Crippen LogP contribution in [0.5, 0.6) is 0 Å². The van der Waals surface area contributed by atoms with Crippen LogP contribution in [0.15, 0.2) is 28.7 Å². The number of nitrogens with zero attached hydrogens (tertiary/aromatic N) is 1. The summed E-state index contributed by atoms with van der Waals surface area (Å²) in [6.07, 6.45) is 5.43. The van der Waals surface area contributed by atoms with E-state index in [1.807, 2.05) is 24.3 Å². The molecule has 1 aromatic carbocycles. The van der Waals surface area contributed by atoms with Crippen LogP contribution in [0, 0.1) is 11.3 Å². The lowest BCUT2D eigenvalue weighted by molar-refractivity contribution is -0.0404. The highest BCUT2D eigenvalue weighted by Gasteiger charge is 2.52. The van der Waals surface area contributed by atoms with Gasteiger partial charge in [0.05, 0.1) is 0 Å². The Hall–Kier alpha value is -1.31. The fraction of sp³-hybridized carbons (Fsp3) is 0.533. The molecule has 0 aliphatic heterocycles. The van der Waals surface area contributed by atoms with Crippen LogP contribution in [0.3, 0.4) is 0 Å². The van der Waals surface area contributed by atoms with Crippen LogP contribution in [-0.4, -0.2) is 4.98 Å². The van der Waals surface area contributed by atoms with Gasteiger partial charge in [-0.05, 0) is 49.1 Å². The molecule has 1 aromatic heterocycles. The van der Waals surface area contributed by atoms with Crippen LogP contribution in [0.4, 0.5) is 0 Å². The summed E-state index contributed by atoms with van der Waals surface area (Å²) >= 11 is 0. The number of benzene rings is 1. The van der Waals surface area contributed by atoms with Gasteiger partial charge in [0.15, 0.2) is 11.5 Å². The molecule has 2 aliphatic rings. The third-order valence-corrected chi connectivity index (χ3v) is 4.58. The van der Waals surface area contributed by atoms with Gasteiger partial charge in [-0.15, -0.1) is 0 Å². The van der Waals surface area contributed by atoms with E-state index in [0.29, 0.717) is 11.3 Å². The minimum absolute atomic E-state index is 0.579. The van der Waals surface area contributed by atoms with Crippen molar-refractivity contribution in [2.45, 2.75) is 38.5 Å². The second-order valence-electron chi connectivity index (χ2n) is 6.14. The summed E-state index contributed by atoms with van der Waals surface area (Å²) in [5, 5.41) is 0. The third kappa shape index (κ3) is 1.36. The molecule has 88 valence electrons. The lowest BCUT2D eigenvalue weighted by Crippen LogP contribution is -2.45. The Bertz CT molecular complexity index is 524. The number of oxazole rings is 1. The zero-order chi connectivity index (χ0) is 11.5. The second-order valence-corrected chi connectivity index (χ2v) is 6.14. The van der Waals surface area contributed by atoms with E-state index in [2.05, 4.69) is 11.9 Å². The quantitative estimate of drug-likeness (QED) is 0.732. The highest BCUT2D eigenvalue weighted by Crippen LogP contribution is 2.63. The van der Waals surface area contributed by atoms with Crippen molar-refractivity contribution in [2.24, 2.45) is 11.3 Å². The minimum atomic E-state index is 0.579. The molecule has 17 heavy (non-hydrogen) atoms. The maximum Gasteiger partial charge on any atom is 0.198 e. The Balaban J connectivity index is 1.57. The maximum atomic E-state index is 5.85.